The number of hydrazone groups is 1. The van der Waals surface area contributed by atoms with Gasteiger partial charge in [-0.3, -0.25) is 4.79 Å². The fourth-order valence-corrected chi connectivity index (χ4v) is 2.83. The van der Waals surface area contributed by atoms with Gasteiger partial charge in [-0.05, 0) is 42.5 Å². The third-order valence-corrected chi connectivity index (χ3v) is 4.26. The Morgan fingerprint density at radius 3 is 2.60 bits per heavy atom. The van der Waals surface area contributed by atoms with Crippen molar-refractivity contribution in [1.29, 1.82) is 0 Å². The Kier molecular flexibility index (Phi) is 5.18. The van der Waals surface area contributed by atoms with Crippen LogP contribution in [0.3, 0.4) is 0 Å². The summed E-state index contributed by atoms with van der Waals surface area (Å²) in [6.07, 6.45) is -3.18. The normalized spacial score (nSPS) is 13.4. The highest BCUT2D eigenvalue weighted by Gasteiger charge is 2.30. The molecule has 2 heterocycles. The van der Waals surface area contributed by atoms with Gasteiger partial charge in [-0.25, -0.2) is 5.43 Å². The molecule has 1 aliphatic rings. The highest BCUT2D eigenvalue weighted by atomic mass is 19.4. The van der Waals surface area contributed by atoms with E-state index in [0.29, 0.717) is 30.3 Å². The zero-order chi connectivity index (χ0) is 21.1. The highest BCUT2D eigenvalue weighted by Crippen LogP contribution is 2.33. The Bertz CT molecular complexity index is 1110. The summed E-state index contributed by atoms with van der Waals surface area (Å²) >= 11 is 0. The number of rotatable bonds is 4. The fourth-order valence-electron chi connectivity index (χ4n) is 2.83. The van der Waals surface area contributed by atoms with E-state index in [2.05, 4.69) is 10.5 Å². The zero-order valence-electron chi connectivity index (χ0n) is 15.4. The van der Waals surface area contributed by atoms with Crippen LogP contribution in [0.4, 0.5) is 13.2 Å². The smallest absolute Gasteiger partial charge is 0.416 e. The van der Waals surface area contributed by atoms with Gasteiger partial charge in [0.25, 0.3) is 5.91 Å². The minimum atomic E-state index is -4.44. The van der Waals surface area contributed by atoms with Crippen LogP contribution in [-0.2, 0) is 6.18 Å². The molecule has 9 heteroatoms. The molecule has 30 heavy (non-hydrogen) atoms. The molecular weight excluding hydrogens is 401 g/mol. The Balaban J connectivity index is 1.42. The lowest BCUT2D eigenvalue weighted by atomic mass is 10.1. The van der Waals surface area contributed by atoms with Gasteiger partial charge >= 0.3 is 6.18 Å². The molecule has 154 valence electrons. The van der Waals surface area contributed by atoms with Crippen molar-refractivity contribution in [2.45, 2.75) is 6.18 Å². The lowest BCUT2D eigenvalue weighted by molar-refractivity contribution is -0.137. The van der Waals surface area contributed by atoms with Crippen LogP contribution >= 0.6 is 0 Å². The molecule has 6 nitrogen and oxygen atoms in total. The van der Waals surface area contributed by atoms with E-state index >= 15 is 0 Å². The second kappa shape index (κ2) is 7.94. The van der Waals surface area contributed by atoms with Gasteiger partial charge in [-0.2, -0.15) is 18.3 Å². The third-order valence-electron chi connectivity index (χ3n) is 4.26. The minimum Gasteiger partial charge on any atom is -0.486 e. The van der Waals surface area contributed by atoms with Gasteiger partial charge < -0.3 is 13.9 Å². The van der Waals surface area contributed by atoms with E-state index in [0.717, 1.165) is 12.1 Å². The maximum Gasteiger partial charge on any atom is 0.416 e. The SMILES string of the molecule is O=C(N/N=C/c1ccc(-c2cccc(C(F)(F)F)c2)o1)c1ccc2c(c1)OCCO2. The average Bonchev–Trinajstić information content (AvgIpc) is 3.22. The van der Waals surface area contributed by atoms with Crippen LogP contribution < -0.4 is 14.9 Å². The van der Waals surface area contributed by atoms with Gasteiger partial charge in [0, 0.05) is 11.1 Å². The number of nitrogens with zero attached hydrogens (tertiary/aromatic N) is 1. The van der Waals surface area contributed by atoms with E-state index in [1.165, 1.54) is 30.5 Å². The number of furan rings is 1. The molecule has 0 unspecified atom stereocenters. The van der Waals surface area contributed by atoms with Crippen molar-refractivity contribution in [3.63, 3.8) is 0 Å². The van der Waals surface area contributed by atoms with Gasteiger partial charge in [0.15, 0.2) is 11.5 Å². The molecule has 3 aromatic rings. The van der Waals surface area contributed by atoms with Gasteiger partial charge in [0.2, 0.25) is 0 Å². The van der Waals surface area contributed by atoms with E-state index in [1.807, 2.05) is 0 Å². The molecule has 1 N–H and O–H groups in total. The average molecular weight is 416 g/mol. The second-order valence-corrected chi connectivity index (χ2v) is 6.34. The predicted molar refractivity (Wildman–Crippen MR) is 102 cm³/mol. The number of ether oxygens (including phenoxy) is 2. The molecule has 1 amide bonds. The Morgan fingerprint density at radius 1 is 1.00 bits per heavy atom. The van der Waals surface area contributed by atoms with Crippen molar-refractivity contribution in [3.05, 3.63) is 71.5 Å². The third kappa shape index (κ3) is 4.29. The number of nitrogens with one attached hydrogen (secondary N) is 1. The van der Waals surface area contributed by atoms with E-state index in [9.17, 15) is 18.0 Å². The fraction of sp³-hybridized carbons (Fsp3) is 0.143. The first-order valence-corrected chi connectivity index (χ1v) is 8.91. The maximum absolute atomic E-state index is 12.9. The topological polar surface area (TPSA) is 73.1 Å². The number of amides is 1. The van der Waals surface area contributed by atoms with E-state index in [-0.39, 0.29) is 17.1 Å². The first-order valence-electron chi connectivity index (χ1n) is 8.91. The molecule has 0 bridgehead atoms. The summed E-state index contributed by atoms with van der Waals surface area (Å²) in [5.41, 5.74) is 2.21. The predicted octanol–water partition coefficient (Wildman–Crippen LogP) is 4.50. The highest BCUT2D eigenvalue weighted by molar-refractivity contribution is 5.95. The van der Waals surface area contributed by atoms with Crippen LogP contribution in [-0.4, -0.2) is 25.3 Å². The van der Waals surface area contributed by atoms with Crippen molar-refractivity contribution >= 4 is 12.1 Å². The first-order chi connectivity index (χ1) is 14.4. The molecule has 0 saturated carbocycles. The summed E-state index contributed by atoms with van der Waals surface area (Å²) in [5.74, 6) is 1.10. The summed E-state index contributed by atoms with van der Waals surface area (Å²) in [6.45, 7) is 0.859. The number of halogens is 3. The first kappa shape index (κ1) is 19.6. The zero-order valence-corrected chi connectivity index (χ0v) is 15.4. The molecule has 0 spiro atoms. The summed E-state index contributed by atoms with van der Waals surface area (Å²) < 4.78 is 54.9. The summed E-state index contributed by atoms with van der Waals surface area (Å²) in [5, 5.41) is 3.82. The van der Waals surface area contributed by atoms with Crippen LogP contribution in [0.2, 0.25) is 0 Å². The van der Waals surface area contributed by atoms with Crippen molar-refractivity contribution in [2.24, 2.45) is 5.10 Å². The summed E-state index contributed by atoms with van der Waals surface area (Å²) in [7, 11) is 0. The molecule has 1 aromatic heterocycles. The van der Waals surface area contributed by atoms with Gasteiger partial charge in [0.1, 0.15) is 24.7 Å². The summed E-state index contributed by atoms with van der Waals surface area (Å²) in [6, 6.07) is 12.6. The molecule has 4 rings (SSSR count). The van der Waals surface area contributed by atoms with Crippen molar-refractivity contribution in [2.75, 3.05) is 13.2 Å². The van der Waals surface area contributed by atoms with Crippen LogP contribution in [0.5, 0.6) is 11.5 Å². The monoisotopic (exact) mass is 416 g/mol. The Morgan fingerprint density at radius 2 is 1.80 bits per heavy atom. The molecule has 0 atom stereocenters. The summed E-state index contributed by atoms with van der Waals surface area (Å²) in [4.78, 5) is 12.2. The number of carbonyl (C=O) groups excluding carboxylic acids is 1. The van der Waals surface area contributed by atoms with E-state index in [1.54, 1.807) is 18.2 Å². The van der Waals surface area contributed by atoms with Gasteiger partial charge in [-0.1, -0.05) is 12.1 Å². The molecule has 0 fully saturated rings. The Labute approximate surface area is 168 Å². The standard InChI is InChI=1S/C21H15F3N2O4/c22-21(23,24)15-3-1-2-13(10-15)17-7-5-16(30-17)12-25-26-20(27)14-4-6-18-19(11-14)29-9-8-28-18/h1-7,10-12H,8-9H2,(H,26,27)/b25-12+. The van der Waals surface area contributed by atoms with Crippen LogP contribution in [0.15, 0.2) is 64.1 Å². The number of benzene rings is 2. The molecular formula is C21H15F3N2O4. The Hall–Kier alpha value is -3.75. The molecule has 0 radical (unpaired) electrons. The van der Waals surface area contributed by atoms with Crippen molar-refractivity contribution in [3.8, 4) is 22.8 Å². The number of fused-ring (bicyclic) bond motifs is 1. The number of hydrogen-bond donors (Lipinski definition) is 1. The van der Waals surface area contributed by atoms with Gasteiger partial charge in [-0.15, -0.1) is 0 Å². The van der Waals surface area contributed by atoms with Crippen molar-refractivity contribution in [1.82, 2.24) is 5.43 Å². The van der Waals surface area contributed by atoms with Crippen LogP contribution in [0.25, 0.3) is 11.3 Å². The lowest BCUT2D eigenvalue weighted by Gasteiger charge is -2.18. The minimum absolute atomic E-state index is 0.251. The van der Waals surface area contributed by atoms with E-state index < -0.39 is 17.6 Å². The van der Waals surface area contributed by atoms with Gasteiger partial charge in [0.05, 0.1) is 11.8 Å². The number of carbonyl (C=O) groups is 1. The largest absolute Gasteiger partial charge is 0.486 e. The number of alkyl halides is 3. The molecule has 0 saturated heterocycles. The van der Waals surface area contributed by atoms with Crippen LogP contribution in [0.1, 0.15) is 21.7 Å². The molecule has 1 aliphatic heterocycles. The number of hydrogen-bond acceptors (Lipinski definition) is 5. The maximum atomic E-state index is 12.9. The van der Waals surface area contributed by atoms with E-state index in [4.69, 9.17) is 13.9 Å². The second-order valence-electron chi connectivity index (χ2n) is 6.34. The van der Waals surface area contributed by atoms with Crippen molar-refractivity contribution < 1.29 is 31.9 Å². The molecule has 2 aromatic carbocycles. The lowest BCUT2D eigenvalue weighted by Crippen LogP contribution is -2.19. The van der Waals surface area contributed by atoms with Crippen LogP contribution in [0, 0.1) is 0 Å². The molecule has 0 aliphatic carbocycles. The quantitative estimate of drug-likeness (QED) is 0.502.